The Bertz CT molecular complexity index is 878. The van der Waals surface area contributed by atoms with Crippen molar-refractivity contribution in [2.45, 2.75) is 26.2 Å². The number of carbonyl (C=O) groups excluding carboxylic acids is 1. The van der Waals surface area contributed by atoms with Gasteiger partial charge in [-0.3, -0.25) is 10.0 Å². The van der Waals surface area contributed by atoms with E-state index in [4.69, 9.17) is 5.21 Å². The number of amides is 1. The minimum Gasteiger partial charge on any atom is -0.349 e. The predicted molar refractivity (Wildman–Crippen MR) is 122 cm³/mol. The third kappa shape index (κ3) is 6.02. The summed E-state index contributed by atoms with van der Waals surface area (Å²) < 4.78 is 0. The predicted octanol–water partition coefficient (Wildman–Crippen LogP) is 2.61. The summed E-state index contributed by atoms with van der Waals surface area (Å²) in [4.78, 5) is 24.2. The van der Waals surface area contributed by atoms with Gasteiger partial charge in [0.15, 0.2) is 0 Å². The molecule has 0 saturated carbocycles. The number of carbonyl (C=O) groups is 1. The van der Waals surface area contributed by atoms with Crippen molar-refractivity contribution in [3.63, 3.8) is 0 Å². The van der Waals surface area contributed by atoms with Crippen molar-refractivity contribution in [1.82, 2.24) is 20.8 Å². The van der Waals surface area contributed by atoms with E-state index in [9.17, 15) is 4.79 Å². The summed E-state index contributed by atoms with van der Waals surface area (Å²) in [7, 11) is 2.06. The van der Waals surface area contributed by atoms with Gasteiger partial charge in [0.05, 0.1) is 5.56 Å². The average Bonchev–Trinajstić information content (AvgIpc) is 2.81. The van der Waals surface area contributed by atoms with Crippen LogP contribution < -0.4 is 20.6 Å². The zero-order valence-electron chi connectivity index (χ0n) is 18.3. The Labute approximate surface area is 184 Å². The molecule has 0 bridgehead atoms. The molecule has 0 aliphatic carbocycles. The summed E-state index contributed by atoms with van der Waals surface area (Å²) in [6.07, 6.45) is 6.00. The number of aromatic nitrogens is 2. The normalized spacial score (nSPS) is 14.4. The molecule has 8 heteroatoms. The Morgan fingerprint density at radius 1 is 1.26 bits per heavy atom. The fourth-order valence-electron chi connectivity index (χ4n) is 3.79. The summed E-state index contributed by atoms with van der Waals surface area (Å²) in [6, 6.07) is 8.48. The lowest BCUT2D eigenvalue weighted by molar-refractivity contribution is 0.0705. The molecule has 31 heavy (non-hydrogen) atoms. The fraction of sp³-hybridized carbons (Fsp3) is 0.435. The first-order valence-electron chi connectivity index (χ1n) is 10.7. The Balaban J connectivity index is 1.41. The number of hydrogen-bond acceptors (Lipinski definition) is 7. The molecule has 166 valence electrons. The van der Waals surface area contributed by atoms with Crippen LogP contribution in [0.2, 0.25) is 0 Å². The largest absolute Gasteiger partial charge is 0.349 e. The van der Waals surface area contributed by atoms with Crippen LogP contribution in [0.5, 0.6) is 0 Å². The molecule has 1 amide bonds. The zero-order valence-corrected chi connectivity index (χ0v) is 18.3. The molecular weight excluding hydrogens is 392 g/mol. The number of hydrogen-bond donors (Lipinski definition) is 3. The summed E-state index contributed by atoms with van der Waals surface area (Å²) in [5, 5.41) is 12.3. The van der Waals surface area contributed by atoms with Crippen LogP contribution in [-0.4, -0.2) is 54.3 Å². The molecule has 0 spiro atoms. The number of nitrogens with one attached hydrogen (secondary N) is 2. The fourth-order valence-corrected chi connectivity index (χ4v) is 3.79. The highest BCUT2D eigenvalue weighted by Gasteiger charge is 2.21. The number of hydroxylamine groups is 1. The van der Waals surface area contributed by atoms with Crippen LogP contribution in [0.3, 0.4) is 0 Å². The number of allylic oxidation sites excluding steroid dienone is 1. The van der Waals surface area contributed by atoms with Gasteiger partial charge in [0.2, 0.25) is 5.95 Å². The second-order valence-electron chi connectivity index (χ2n) is 8.02. The molecular formula is C23H32N6O2. The molecule has 3 rings (SSSR count). The first-order valence-corrected chi connectivity index (χ1v) is 10.7. The van der Waals surface area contributed by atoms with E-state index in [0.717, 1.165) is 51.1 Å². The van der Waals surface area contributed by atoms with Crippen molar-refractivity contribution in [3.8, 4) is 0 Å². The molecule has 0 atom stereocenters. The van der Waals surface area contributed by atoms with Gasteiger partial charge < -0.3 is 15.1 Å². The van der Waals surface area contributed by atoms with Crippen LogP contribution in [0.4, 0.5) is 11.6 Å². The van der Waals surface area contributed by atoms with E-state index in [1.54, 1.807) is 5.48 Å². The second kappa shape index (κ2) is 10.9. The van der Waals surface area contributed by atoms with E-state index in [2.05, 4.69) is 63.0 Å². The van der Waals surface area contributed by atoms with Crippen LogP contribution in [0.15, 0.2) is 48.9 Å². The van der Waals surface area contributed by atoms with E-state index in [-0.39, 0.29) is 5.56 Å². The standard InChI is InChI=1S/C23H32N6O2/c1-17(2)28(3)21-7-5-4-6-19(21)8-11-24-14-18-9-12-29(13-10-18)23-25-15-20(16-26-23)22(30)27-31/h4-7,15-16,18,24,31H,1,8-14H2,2-3H3,(H,27,30). The highest BCUT2D eigenvalue weighted by molar-refractivity contribution is 5.92. The number of rotatable bonds is 9. The number of nitrogens with zero attached hydrogens (tertiary/aromatic N) is 4. The summed E-state index contributed by atoms with van der Waals surface area (Å²) in [5.41, 5.74) is 5.40. The summed E-state index contributed by atoms with van der Waals surface area (Å²) in [6.45, 7) is 9.80. The van der Waals surface area contributed by atoms with E-state index >= 15 is 0 Å². The van der Waals surface area contributed by atoms with Crippen molar-refractivity contribution in [1.29, 1.82) is 0 Å². The molecule has 1 aromatic heterocycles. The molecule has 3 N–H and O–H groups in total. The Hall–Kier alpha value is -2.97. The number of benzene rings is 1. The zero-order chi connectivity index (χ0) is 22.2. The molecule has 0 unspecified atom stereocenters. The third-order valence-electron chi connectivity index (χ3n) is 5.83. The quantitative estimate of drug-likeness (QED) is 0.324. The van der Waals surface area contributed by atoms with E-state index in [1.807, 2.05) is 6.92 Å². The van der Waals surface area contributed by atoms with E-state index < -0.39 is 5.91 Å². The molecule has 1 aliphatic rings. The molecule has 1 fully saturated rings. The topological polar surface area (TPSA) is 93.6 Å². The maximum Gasteiger partial charge on any atom is 0.277 e. The lowest BCUT2D eigenvalue weighted by atomic mass is 9.97. The van der Waals surface area contributed by atoms with Gasteiger partial charge in [0, 0.05) is 43.9 Å². The summed E-state index contributed by atoms with van der Waals surface area (Å²) in [5.74, 6) is 0.647. The minimum atomic E-state index is -0.606. The van der Waals surface area contributed by atoms with Gasteiger partial charge in [-0.05, 0) is 56.8 Å². The first kappa shape index (κ1) is 22.7. The number of piperidine rings is 1. The molecule has 2 heterocycles. The van der Waals surface area contributed by atoms with Gasteiger partial charge >= 0.3 is 0 Å². The van der Waals surface area contributed by atoms with Crippen molar-refractivity contribution in [2.75, 3.05) is 43.0 Å². The van der Waals surface area contributed by atoms with Crippen molar-refractivity contribution < 1.29 is 10.0 Å². The second-order valence-corrected chi connectivity index (χ2v) is 8.02. The number of anilines is 2. The highest BCUT2D eigenvalue weighted by atomic mass is 16.5. The van der Waals surface area contributed by atoms with Gasteiger partial charge in [-0.2, -0.15) is 0 Å². The third-order valence-corrected chi connectivity index (χ3v) is 5.83. The SMILES string of the molecule is C=C(C)N(C)c1ccccc1CCNCC1CCN(c2ncc(C(=O)NO)cn2)CC1. The Morgan fingerprint density at radius 3 is 2.58 bits per heavy atom. The van der Waals surface area contributed by atoms with Gasteiger partial charge in [-0.25, -0.2) is 15.4 Å². The van der Waals surface area contributed by atoms with E-state index in [0.29, 0.717) is 11.9 Å². The van der Waals surface area contributed by atoms with Crippen LogP contribution in [-0.2, 0) is 6.42 Å². The van der Waals surface area contributed by atoms with Gasteiger partial charge in [-0.15, -0.1) is 0 Å². The smallest absolute Gasteiger partial charge is 0.277 e. The van der Waals surface area contributed by atoms with Crippen LogP contribution in [0.1, 0.15) is 35.7 Å². The maximum atomic E-state index is 11.4. The average molecular weight is 425 g/mol. The Kier molecular flexibility index (Phi) is 7.97. The van der Waals surface area contributed by atoms with Crippen LogP contribution >= 0.6 is 0 Å². The molecule has 1 aromatic carbocycles. The molecule has 1 saturated heterocycles. The van der Waals surface area contributed by atoms with E-state index in [1.165, 1.54) is 23.6 Å². The highest BCUT2D eigenvalue weighted by Crippen LogP contribution is 2.23. The molecule has 8 nitrogen and oxygen atoms in total. The van der Waals surface area contributed by atoms with Crippen LogP contribution in [0.25, 0.3) is 0 Å². The van der Waals surface area contributed by atoms with Crippen molar-refractivity contribution in [2.24, 2.45) is 5.92 Å². The van der Waals surface area contributed by atoms with Gasteiger partial charge in [0.25, 0.3) is 5.91 Å². The molecule has 2 aromatic rings. The summed E-state index contributed by atoms with van der Waals surface area (Å²) >= 11 is 0. The monoisotopic (exact) mass is 424 g/mol. The number of para-hydroxylation sites is 1. The van der Waals surface area contributed by atoms with Crippen LogP contribution in [0, 0.1) is 5.92 Å². The molecule has 0 radical (unpaired) electrons. The van der Waals surface area contributed by atoms with Crippen molar-refractivity contribution >= 4 is 17.5 Å². The first-order chi connectivity index (χ1) is 15.0. The minimum absolute atomic E-state index is 0.237. The van der Waals surface area contributed by atoms with Gasteiger partial charge in [-0.1, -0.05) is 24.8 Å². The van der Waals surface area contributed by atoms with Gasteiger partial charge in [0.1, 0.15) is 0 Å². The molecule has 1 aliphatic heterocycles. The lowest BCUT2D eigenvalue weighted by Crippen LogP contribution is -2.38. The maximum absolute atomic E-state index is 11.4. The van der Waals surface area contributed by atoms with Crippen molar-refractivity contribution in [3.05, 3.63) is 60.1 Å². The Morgan fingerprint density at radius 2 is 1.94 bits per heavy atom. The lowest BCUT2D eigenvalue weighted by Gasteiger charge is -2.32.